The predicted molar refractivity (Wildman–Crippen MR) is 109 cm³/mol. The summed E-state index contributed by atoms with van der Waals surface area (Å²) in [5, 5.41) is 6.53. The van der Waals surface area contributed by atoms with E-state index in [1.807, 2.05) is 32.0 Å². The third-order valence-corrected chi connectivity index (χ3v) is 4.34. The third-order valence-electron chi connectivity index (χ3n) is 4.34. The van der Waals surface area contributed by atoms with Crippen molar-refractivity contribution in [2.45, 2.75) is 33.4 Å². The first kappa shape index (κ1) is 19.5. The summed E-state index contributed by atoms with van der Waals surface area (Å²) in [5.74, 6) is 1.87. The Labute approximate surface area is 163 Å². The summed E-state index contributed by atoms with van der Waals surface area (Å²) in [6, 6.07) is 11.4. The Morgan fingerprint density at radius 2 is 2.07 bits per heavy atom. The van der Waals surface area contributed by atoms with E-state index < -0.39 is 5.91 Å². The number of benzene rings is 1. The number of carbonyl (C=O) groups excluding carboxylic acids is 1. The molecule has 3 aromatic rings. The van der Waals surface area contributed by atoms with Crippen LogP contribution in [0.2, 0.25) is 0 Å². The second-order valence-electron chi connectivity index (χ2n) is 6.41. The normalized spacial score (nSPS) is 11.7. The number of rotatable bonds is 8. The maximum atomic E-state index is 11.1. The van der Waals surface area contributed by atoms with Crippen molar-refractivity contribution < 1.29 is 9.21 Å². The minimum Gasteiger partial charge on any atom is -0.454 e. The molecular formula is C20H26N6O2. The molecule has 3 rings (SSSR count). The van der Waals surface area contributed by atoms with Crippen molar-refractivity contribution in [2.75, 3.05) is 13.1 Å². The van der Waals surface area contributed by atoms with Gasteiger partial charge in [-0.2, -0.15) is 0 Å². The molecule has 0 spiro atoms. The van der Waals surface area contributed by atoms with Crippen molar-refractivity contribution in [3.63, 3.8) is 0 Å². The number of nitrogens with one attached hydrogen (secondary N) is 2. The second kappa shape index (κ2) is 9.07. The summed E-state index contributed by atoms with van der Waals surface area (Å²) in [7, 11) is 0. The summed E-state index contributed by atoms with van der Waals surface area (Å²) < 4.78 is 7.59. The lowest BCUT2D eigenvalue weighted by molar-refractivity contribution is 0.0972. The molecule has 1 amide bonds. The number of aromatic nitrogens is 2. The number of nitrogens with two attached hydrogens (primary N) is 1. The number of aliphatic imine (C=N–C) groups is 1. The van der Waals surface area contributed by atoms with Gasteiger partial charge in [0.25, 0.3) is 5.91 Å². The molecule has 1 aromatic carbocycles. The van der Waals surface area contributed by atoms with Crippen LogP contribution in [0.25, 0.3) is 11.0 Å². The molecular weight excluding hydrogens is 356 g/mol. The van der Waals surface area contributed by atoms with E-state index in [-0.39, 0.29) is 5.76 Å². The molecule has 148 valence electrons. The van der Waals surface area contributed by atoms with Gasteiger partial charge in [-0.15, -0.1) is 0 Å². The Kier molecular flexibility index (Phi) is 6.31. The smallest absolute Gasteiger partial charge is 0.284 e. The minimum absolute atomic E-state index is 0.145. The maximum Gasteiger partial charge on any atom is 0.284 e. The standard InChI is InChI=1S/C20H26N6O2/c1-3-22-20(24-13-15-9-10-18(28-15)19(21)27)23-11-6-12-26-14(2)25-16-7-4-5-8-17(16)26/h4-5,7-10H,3,6,11-13H2,1-2H3,(H2,21,27)(H2,22,23,24). The summed E-state index contributed by atoms with van der Waals surface area (Å²) in [4.78, 5) is 20.2. The Hall–Kier alpha value is -3.29. The molecule has 0 fully saturated rings. The highest BCUT2D eigenvalue weighted by molar-refractivity contribution is 5.89. The van der Waals surface area contributed by atoms with Gasteiger partial charge in [0.15, 0.2) is 11.7 Å². The molecule has 0 aliphatic carbocycles. The quantitative estimate of drug-likeness (QED) is 0.314. The lowest BCUT2D eigenvalue weighted by atomic mass is 10.3. The van der Waals surface area contributed by atoms with Crippen LogP contribution in [0.5, 0.6) is 0 Å². The van der Waals surface area contributed by atoms with Gasteiger partial charge < -0.3 is 25.4 Å². The second-order valence-corrected chi connectivity index (χ2v) is 6.41. The molecule has 8 heteroatoms. The van der Waals surface area contributed by atoms with E-state index in [1.54, 1.807) is 12.1 Å². The first-order chi connectivity index (χ1) is 13.6. The molecule has 0 aliphatic rings. The average molecular weight is 382 g/mol. The number of imidazole rings is 1. The SMILES string of the molecule is CCNC(=NCc1ccc(C(N)=O)o1)NCCCn1c(C)nc2ccccc21. The number of carbonyl (C=O) groups is 1. The molecule has 4 N–H and O–H groups in total. The van der Waals surface area contributed by atoms with Crippen LogP contribution in [0.4, 0.5) is 0 Å². The first-order valence-corrected chi connectivity index (χ1v) is 9.41. The number of amides is 1. The zero-order valence-corrected chi connectivity index (χ0v) is 16.2. The van der Waals surface area contributed by atoms with E-state index in [1.165, 1.54) is 0 Å². The lowest BCUT2D eigenvalue weighted by Crippen LogP contribution is -2.38. The van der Waals surface area contributed by atoms with Crippen LogP contribution >= 0.6 is 0 Å². The summed E-state index contributed by atoms with van der Waals surface area (Å²) in [5.41, 5.74) is 7.38. The molecule has 0 radical (unpaired) electrons. The van der Waals surface area contributed by atoms with Gasteiger partial charge in [0.2, 0.25) is 0 Å². The number of hydrogen-bond donors (Lipinski definition) is 3. The van der Waals surface area contributed by atoms with E-state index in [2.05, 4.69) is 31.2 Å². The van der Waals surface area contributed by atoms with Crippen LogP contribution in [0.3, 0.4) is 0 Å². The van der Waals surface area contributed by atoms with E-state index in [0.717, 1.165) is 42.9 Å². The molecule has 28 heavy (non-hydrogen) atoms. The summed E-state index contributed by atoms with van der Waals surface area (Å²) in [6.45, 7) is 6.76. The highest BCUT2D eigenvalue weighted by atomic mass is 16.3. The minimum atomic E-state index is -0.581. The van der Waals surface area contributed by atoms with Crippen LogP contribution in [-0.4, -0.2) is 34.5 Å². The molecule has 2 heterocycles. The Morgan fingerprint density at radius 1 is 1.25 bits per heavy atom. The van der Waals surface area contributed by atoms with Crippen molar-refractivity contribution in [2.24, 2.45) is 10.7 Å². The van der Waals surface area contributed by atoms with Crippen LogP contribution in [-0.2, 0) is 13.1 Å². The van der Waals surface area contributed by atoms with Gasteiger partial charge in [-0.1, -0.05) is 12.1 Å². The number of hydrogen-bond acceptors (Lipinski definition) is 4. The number of para-hydroxylation sites is 2. The molecule has 0 atom stereocenters. The highest BCUT2D eigenvalue weighted by Crippen LogP contribution is 2.15. The fourth-order valence-electron chi connectivity index (χ4n) is 3.02. The fourth-order valence-corrected chi connectivity index (χ4v) is 3.02. The first-order valence-electron chi connectivity index (χ1n) is 9.41. The van der Waals surface area contributed by atoms with Crippen LogP contribution < -0.4 is 16.4 Å². The average Bonchev–Trinajstić information content (AvgIpc) is 3.27. The molecule has 0 unspecified atom stereocenters. The molecule has 8 nitrogen and oxygen atoms in total. The lowest BCUT2D eigenvalue weighted by Gasteiger charge is -2.12. The van der Waals surface area contributed by atoms with Gasteiger partial charge in [-0.05, 0) is 44.5 Å². The van der Waals surface area contributed by atoms with Gasteiger partial charge in [0.1, 0.15) is 18.1 Å². The predicted octanol–water partition coefficient (Wildman–Crippen LogP) is 2.18. The summed E-state index contributed by atoms with van der Waals surface area (Å²) >= 11 is 0. The van der Waals surface area contributed by atoms with Crippen molar-refractivity contribution in [3.8, 4) is 0 Å². The number of primary amides is 1. The fraction of sp³-hybridized carbons (Fsp3) is 0.350. The summed E-state index contributed by atoms with van der Waals surface area (Å²) in [6.07, 6.45) is 0.929. The van der Waals surface area contributed by atoms with E-state index in [9.17, 15) is 4.79 Å². The number of aryl methyl sites for hydroxylation is 2. The van der Waals surface area contributed by atoms with Crippen LogP contribution in [0.15, 0.2) is 45.8 Å². The van der Waals surface area contributed by atoms with Crippen LogP contribution in [0.1, 0.15) is 35.5 Å². The monoisotopic (exact) mass is 382 g/mol. The van der Waals surface area contributed by atoms with E-state index in [0.29, 0.717) is 18.3 Å². The van der Waals surface area contributed by atoms with Crippen LogP contribution in [0, 0.1) is 6.92 Å². The van der Waals surface area contributed by atoms with Gasteiger partial charge >= 0.3 is 0 Å². The third kappa shape index (κ3) is 4.70. The Morgan fingerprint density at radius 3 is 2.82 bits per heavy atom. The number of nitrogens with zero attached hydrogens (tertiary/aromatic N) is 3. The molecule has 2 aromatic heterocycles. The van der Waals surface area contributed by atoms with Crippen molar-refractivity contribution in [3.05, 3.63) is 53.7 Å². The number of guanidine groups is 1. The zero-order chi connectivity index (χ0) is 19.9. The topological polar surface area (TPSA) is 110 Å². The van der Waals surface area contributed by atoms with Gasteiger partial charge in [0, 0.05) is 19.6 Å². The van der Waals surface area contributed by atoms with Crippen molar-refractivity contribution >= 4 is 22.9 Å². The Bertz CT molecular complexity index is 972. The molecule has 0 saturated heterocycles. The van der Waals surface area contributed by atoms with Crippen molar-refractivity contribution in [1.29, 1.82) is 0 Å². The zero-order valence-electron chi connectivity index (χ0n) is 16.2. The van der Waals surface area contributed by atoms with E-state index >= 15 is 0 Å². The van der Waals surface area contributed by atoms with E-state index in [4.69, 9.17) is 10.2 Å². The maximum absolute atomic E-state index is 11.1. The highest BCUT2D eigenvalue weighted by Gasteiger charge is 2.08. The molecule has 0 aliphatic heterocycles. The number of furan rings is 1. The van der Waals surface area contributed by atoms with Crippen molar-refractivity contribution in [1.82, 2.24) is 20.2 Å². The van der Waals surface area contributed by atoms with Gasteiger partial charge in [-0.25, -0.2) is 9.98 Å². The largest absolute Gasteiger partial charge is 0.454 e. The molecule has 0 bridgehead atoms. The molecule has 0 saturated carbocycles. The van der Waals surface area contributed by atoms with Gasteiger partial charge in [-0.3, -0.25) is 4.79 Å². The Balaban J connectivity index is 1.54. The van der Waals surface area contributed by atoms with Gasteiger partial charge in [0.05, 0.1) is 11.0 Å². The number of fused-ring (bicyclic) bond motifs is 1.